The number of aliphatic hydroxyl groups excluding tert-OH is 2. The van der Waals surface area contributed by atoms with Crippen molar-refractivity contribution in [1.82, 2.24) is 0 Å². The highest BCUT2D eigenvalue weighted by atomic mass is 16.6. The number of hydrogen-bond acceptors (Lipinski definition) is 7. The molecular weight excluding hydrogens is 376 g/mol. The quantitative estimate of drug-likeness (QED) is 0.382. The third-order valence-electron chi connectivity index (χ3n) is 5.20. The second-order valence-corrected chi connectivity index (χ2v) is 7.19. The Balaban J connectivity index is 2.35. The molecular formula is C22H28O7. The lowest BCUT2D eigenvalue weighted by atomic mass is 9.81. The van der Waals surface area contributed by atoms with Crippen LogP contribution in [0, 0.1) is 17.3 Å². The van der Waals surface area contributed by atoms with E-state index in [4.69, 9.17) is 14.2 Å². The van der Waals surface area contributed by atoms with E-state index in [-0.39, 0.29) is 19.6 Å². The van der Waals surface area contributed by atoms with Gasteiger partial charge in [0.25, 0.3) is 0 Å². The molecule has 0 saturated carbocycles. The number of aliphatic hydroxyl groups is 2. The van der Waals surface area contributed by atoms with Crippen LogP contribution in [0.5, 0.6) is 0 Å². The monoisotopic (exact) mass is 404 g/mol. The van der Waals surface area contributed by atoms with E-state index in [1.807, 2.05) is 6.07 Å². The molecule has 5 atom stereocenters. The molecule has 2 rings (SSSR count). The van der Waals surface area contributed by atoms with E-state index in [0.29, 0.717) is 0 Å². The Bertz CT molecular complexity index is 781. The van der Waals surface area contributed by atoms with Crippen molar-refractivity contribution in [3.63, 3.8) is 0 Å². The molecule has 0 aromatic heterocycles. The average molecular weight is 404 g/mol. The maximum atomic E-state index is 12.8. The molecule has 0 radical (unpaired) electrons. The number of carbonyl (C=O) groups is 2. The number of ketones is 1. The van der Waals surface area contributed by atoms with Crippen molar-refractivity contribution in [1.29, 1.82) is 0 Å². The highest BCUT2D eigenvalue weighted by Crippen LogP contribution is 2.38. The van der Waals surface area contributed by atoms with E-state index in [9.17, 15) is 19.8 Å². The molecule has 158 valence electrons. The molecule has 1 aromatic rings. The lowest BCUT2D eigenvalue weighted by Gasteiger charge is -2.33. The number of esters is 1. The van der Waals surface area contributed by atoms with E-state index in [2.05, 4.69) is 11.8 Å². The standard InChI is InChI=1S/C22H28O7/c1-5-12-21(4)17(29-19(25)18(21)24)14-28-22(15(3)23,20(26)27-6-2)13-16-10-8-7-9-11-16/h7-11,17-19,24-25H,6,13-14H2,1-4H3/t17-,18+,19?,21+,22?/m1/s1. The van der Waals surface area contributed by atoms with Gasteiger partial charge in [-0.3, -0.25) is 4.79 Å². The summed E-state index contributed by atoms with van der Waals surface area (Å²) in [4.78, 5) is 25.4. The van der Waals surface area contributed by atoms with Gasteiger partial charge in [0.05, 0.1) is 18.6 Å². The van der Waals surface area contributed by atoms with Crippen LogP contribution in [0.3, 0.4) is 0 Å². The Kier molecular flexibility index (Phi) is 7.55. The first kappa shape index (κ1) is 23.0. The van der Waals surface area contributed by atoms with Gasteiger partial charge in [-0.2, -0.15) is 0 Å². The van der Waals surface area contributed by atoms with Crippen LogP contribution in [-0.4, -0.2) is 59.3 Å². The summed E-state index contributed by atoms with van der Waals surface area (Å²) in [6, 6.07) is 8.99. The molecule has 0 aliphatic carbocycles. The first-order valence-corrected chi connectivity index (χ1v) is 9.53. The fourth-order valence-corrected chi connectivity index (χ4v) is 3.41. The van der Waals surface area contributed by atoms with Gasteiger partial charge in [0, 0.05) is 6.42 Å². The van der Waals surface area contributed by atoms with E-state index >= 15 is 0 Å². The van der Waals surface area contributed by atoms with Crippen LogP contribution in [0.15, 0.2) is 30.3 Å². The van der Waals surface area contributed by atoms with Gasteiger partial charge < -0.3 is 24.4 Å². The summed E-state index contributed by atoms with van der Waals surface area (Å²) in [6.45, 7) is 5.99. The molecule has 1 saturated heterocycles. The third kappa shape index (κ3) is 4.68. The zero-order valence-corrected chi connectivity index (χ0v) is 17.2. The van der Waals surface area contributed by atoms with Crippen LogP contribution in [0.1, 0.15) is 33.3 Å². The van der Waals surface area contributed by atoms with Crippen molar-refractivity contribution in [2.24, 2.45) is 5.41 Å². The summed E-state index contributed by atoms with van der Waals surface area (Å²) in [5, 5.41) is 20.2. The lowest BCUT2D eigenvalue weighted by Crippen LogP contribution is -2.53. The number of benzene rings is 1. The van der Waals surface area contributed by atoms with Gasteiger partial charge in [0.1, 0.15) is 12.2 Å². The third-order valence-corrected chi connectivity index (χ3v) is 5.20. The Labute approximate surface area is 171 Å². The molecule has 1 aromatic carbocycles. The van der Waals surface area contributed by atoms with E-state index in [1.54, 1.807) is 45.0 Å². The Morgan fingerprint density at radius 3 is 2.48 bits per heavy atom. The molecule has 7 heteroatoms. The SMILES string of the molecule is CC#C[C@@]1(C)[C@@H](COC(Cc2ccccc2)(C(C)=O)C(=O)OCC)OC(O)[C@@H]1O. The summed E-state index contributed by atoms with van der Waals surface area (Å²) in [6.07, 6.45) is -3.58. The highest BCUT2D eigenvalue weighted by molar-refractivity contribution is 6.06. The van der Waals surface area contributed by atoms with Gasteiger partial charge >= 0.3 is 5.97 Å². The van der Waals surface area contributed by atoms with Crippen molar-refractivity contribution >= 4 is 11.8 Å². The lowest BCUT2D eigenvalue weighted by molar-refractivity contribution is -0.186. The van der Waals surface area contributed by atoms with E-state index in [0.717, 1.165) is 5.56 Å². The molecule has 29 heavy (non-hydrogen) atoms. The number of Topliss-reactive ketones (excluding diaryl/α,β-unsaturated/α-hetero) is 1. The van der Waals surface area contributed by atoms with Crippen LogP contribution in [0.4, 0.5) is 0 Å². The number of ether oxygens (including phenoxy) is 3. The summed E-state index contributed by atoms with van der Waals surface area (Å²) in [7, 11) is 0. The molecule has 2 N–H and O–H groups in total. The first-order valence-electron chi connectivity index (χ1n) is 9.53. The Morgan fingerprint density at radius 2 is 1.93 bits per heavy atom. The van der Waals surface area contributed by atoms with Gasteiger partial charge in [-0.05, 0) is 33.3 Å². The van der Waals surface area contributed by atoms with E-state index in [1.165, 1.54) is 6.92 Å². The van der Waals surface area contributed by atoms with Gasteiger partial charge in [-0.25, -0.2) is 4.79 Å². The molecule has 1 aliphatic rings. The van der Waals surface area contributed by atoms with Crippen molar-refractivity contribution < 1.29 is 34.0 Å². The summed E-state index contributed by atoms with van der Waals surface area (Å²) < 4.78 is 16.5. The molecule has 1 aliphatic heterocycles. The van der Waals surface area contributed by atoms with E-state index < -0.39 is 41.3 Å². The minimum Gasteiger partial charge on any atom is -0.463 e. The van der Waals surface area contributed by atoms with Crippen LogP contribution in [-0.2, 0) is 30.2 Å². The van der Waals surface area contributed by atoms with Crippen LogP contribution < -0.4 is 0 Å². The zero-order valence-electron chi connectivity index (χ0n) is 17.2. The maximum absolute atomic E-state index is 12.8. The normalized spacial score (nSPS) is 28.1. The molecule has 1 heterocycles. The van der Waals surface area contributed by atoms with Gasteiger partial charge in [-0.1, -0.05) is 36.3 Å². The summed E-state index contributed by atoms with van der Waals surface area (Å²) in [5.74, 6) is 4.27. The predicted molar refractivity (Wildman–Crippen MR) is 105 cm³/mol. The molecule has 0 amide bonds. The highest BCUT2D eigenvalue weighted by Gasteiger charge is 2.54. The van der Waals surface area contributed by atoms with Crippen molar-refractivity contribution in [2.45, 2.75) is 58.2 Å². The molecule has 0 spiro atoms. The number of carbonyl (C=O) groups excluding carboxylic acids is 2. The first-order chi connectivity index (χ1) is 13.7. The van der Waals surface area contributed by atoms with Gasteiger partial charge in [0.2, 0.25) is 5.60 Å². The minimum absolute atomic E-state index is 0.0179. The topological polar surface area (TPSA) is 102 Å². The van der Waals surface area contributed by atoms with Gasteiger partial charge in [0.15, 0.2) is 12.1 Å². The largest absolute Gasteiger partial charge is 0.463 e. The second kappa shape index (κ2) is 9.51. The minimum atomic E-state index is -1.88. The summed E-state index contributed by atoms with van der Waals surface area (Å²) in [5.41, 5.74) is -2.28. The summed E-state index contributed by atoms with van der Waals surface area (Å²) >= 11 is 0. The average Bonchev–Trinajstić information content (AvgIpc) is 2.90. The Morgan fingerprint density at radius 1 is 1.28 bits per heavy atom. The van der Waals surface area contributed by atoms with Crippen molar-refractivity contribution in [3.8, 4) is 11.8 Å². The molecule has 0 bridgehead atoms. The second-order valence-electron chi connectivity index (χ2n) is 7.19. The van der Waals surface area contributed by atoms with Crippen LogP contribution in [0.25, 0.3) is 0 Å². The maximum Gasteiger partial charge on any atom is 0.346 e. The van der Waals surface area contributed by atoms with Crippen molar-refractivity contribution in [2.75, 3.05) is 13.2 Å². The van der Waals surface area contributed by atoms with Gasteiger partial charge in [-0.15, -0.1) is 5.92 Å². The predicted octanol–water partition coefficient (Wildman–Crippen LogP) is 1.24. The Hall–Kier alpha value is -2.24. The number of rotatable bonds is 8. The van der Waals surface area contributed by atoms with Crippen LogP contribution in [0.2, 0.25) is 0 Å². The fourth-order valence-electron chi connectivity index (χ4n) is 3.41. The molecule has 7 nitrogen and oxygen atoms in total. The van der Waals surface area contributed by atoms with Crippen LogP contribution >= 0.6 is 0 Å². The van der Waals surface area contributed by atoms with Crippen molar-refractivity contribution in [3.05, 3.63) is 35.9 Å². The fraction of sp³-hybridized carbons (Fsp3) is 0.545. The zero-order chi connectivity index (χ0) is 21.7. The molecule has 2 unspecified atom stereocenters. The smallest absolute Gasteiger partial charge is 0.346 e. The number of hydrogen-bond donors (Lipinski definition) is 2. The molecule has 1 fully saturated rings.